The Hall–Kier alpha value is -2.40. The molecule has 0 bridgehead atoms. The molecule has 0 unspecified atom stereocenters. The van der Waals surface area contributed by atoms with Gasteiger partial charge in [0, 0.05) is 24.3 Å². The Labute approximate surface area is 199 Å². The second-order valence-electron chi connectivity index (χ2n) is 9.92. The summed E-state index contributed by atoms with van der Waals surface area (Å²) in [7, 11) is 1.61. The van der Waals surface area contributed by atoms with Gasteiger partial charge in [-0.05, 0) is 90.5 Å². The number of carbonyl (C=O) groups excluding carboxylic acids is 2. The molecule has 0 saturated heterocycles. The van der Waals surface area contributed by atoms with Crippen molar-refractivity contribution in [3.8, 4) is 11.5 Å². The van der Waals surface area contributed by atoms with Gasteiger partial charge in [-0.25, -0.2) is 0 Å². The third-order valence-electron chi connectivity index (χ3n) is 5.81. The lowest BCUT2D eigenvalue weighted by molar-refractivity contribution is -0.123. The van der Waals surface area contributed by atoms with Gasteiger partial charge in [0.05, 0.1) is 12.7 Å². The number of hydrogen-bond acceptors (Lipinski definition) is 5. The van der Waals surface area contributed by atoms with Crippen LogP contribution in [0, 0.1) is 12.8 Å². The van der Waals surface area contributed by atoms with Gasteiger partial charge in [0.15, 0.2) is 5.78 Å². The van der Waals surface area contributed by atoms with E-state index in [4.69, 9.17) is 4.74 Å². The van der Waals surface area contributed by atoms with Crippen LogP contribution in [0.15, 0.2) is 35.4 Å². The van der Waals surface area contributed by atoms with Crippen LogP contribution in [0.1, 0.15) is 84.3 Å². The number of benzene rings is 1. The Kier molecular flexibility index (Phi) is 11.6. The van der Waals surface area contributed by atoms with Gasteiger partial charge in [0.25, 0.3) is 0 Å². The Balaban J connectivity index is 2.51. The van der Waals surface area contributed by atoms with Crippen molar-refractivity contribution in [1.29, 1.82) is 0 Å². The number of carbonyl (C=O) groups is 2. The van der Waals surface area contributed by atoms with Crippen molar-refractivity contribution in [3.05, 3.63) is 46.6 Å². The van der Waals surface area contributed by atoms with Crippen LogP contribution in [0.25, 0.3) is 0 Å². The molecule has 0 spiro atoms. The number of allylic oxidation sites excluding steroid dienone is 4. The monoisotopic (exact) mass is 458 g/mol. The average molecular weight is 459 g/mol. The van der Waals surface area contributed by atoms with E-state index in [1.54, 1.807) is 39.2 Å². The molecule has 1 aromatic rings. The Morgan fingerprint density at radius 2 is 1.82 bits per heavy atom. The number of hydrogen-bond donors (Lipinski definition) is 2. The predicted molar refractivity (Wildman–Crippen MR) is 134 cm³/mol. The highest BCUT2D eigenvalue weighted by atomic mass is 16.5. The molecule has 1 rings (SSSR count). The standard InChI is InChI=1S/C28H42O5/c1-19(9-8-10-21(3)26(31)13-14-28(5,6)32)15-24(29)16-20(2)11-12-23-18-25(30)17-22(4)27(23)33-7/h11,15,17-18,21,30,32H,8-10,12-14,16H2,1-7H3/t21-/m1/s1. The maximum absolute atomic E-state index is 12.4. The number of ketones is 2. The predicted octanol–water partition coefficient (Wildman–Crippen LogP) is 6.03. The number of rotatable bonds is 14. The molecule has 1 atom stereocenters. The van der Waals surface area contributed by atoms with Gasteiger partial charge >= 0.3 is 0 Å². The van der Waals surface area contributed by atoms with Crippen molar-refractivity contribution in [1.82, 2.24) is 0 Å². The lowest BCUT2D eigenvalue weighted by atomic mass is 9.92. The first-order valence-electron chi connectivity index (χ1n) is 11.8. The molecule has 0 saturated carbocycles. The van der Waals surface area contributed by atoms with Crippen molar-refractivity contribution in [2.75, 3.05) is 7.11 Å². The fourth-order valence-electron chi connectivity index (χ4n) is 3.82. The molecule has 2 N–H and O–H groups in total. The number of Topliss-reactive ketones (excluding diaryl/α,β-unsaturated/α-hetero) is 1. The summed E-state index contributed by atoms with van der Waals surface area (Å²) in [5.74, 6) is 1.19. The Morgan fingerprint density at radius 3 is 2.42 bits per heavy atom. The van der Waals surface area contributed by atoms with Crippen LogP contribution >= 0.6 is 0 Å². The molecule has 0 fully saturated rings. The molecule has 5 heteroatoms. The normalized spacial score (nSPS) is 13.7. The number of aliphatic hydroxyl groups is 1. The first-order valence-corrected chi connectivity index (χ1v) is 11.8. The number of phenols is 1. The first kappa shape index (κ1) is 28.6. The number of aromatic hydroxyl groups is 1. The second kappa shape index (κ2) is 13.3. The third-order valence-corrected chi connectivity index (χ3v) is 5.81. The third kappa shape index (κ3) is 11.3. The minimum atomic E-state index is -0.810. The summed E-state index contributed by atoms with van der Waals surface area (Å²) in [6.07, 6.45) is 7.95. The second-order valence-corrected chi connectivity index (χ2v) is 9.92. The number of phenolic OH excluding ortho intramolecular Hbond substituents is 1. The molecule has 0 amide bonds. The van der Waals surface area contributed by atoms with Gasteiger partial charge in [-0.3, -0.25) is 9.59 Å². The van der Waals surface area contributed by atoms with Crippen LogP contribution in [0.3, 0.4) is 0 Å². The van der Waals surface area contributed by atoms with Gasteiger partial charge in [0.2, 0.25) is 0 Å². The largest absolute Gasteiger partial charge is 0.508 e. The van der Waals surface area contributed by atoms with E-state index in [2.05, 4.69) is 0 Å². The summed E-state index contributed by atoms with van der Waals surface area (Å²) >= 11 is 0. The van der Waals surface area contributed by atoms with E-state index in [0.29, 0.717) is 25.7 Å². The van der Waals surface area contributed by atoms with Crippen molar-refractivity contribution in [2.24, 2.45) is 5.92 Å². The Morgan fingerprint density at radius 1 is 1.15 bits per heavy atom. The molecular weight excluding hydrogens is 416 g/mol. The van der Waals surface area contributed by atoms with E-state index in [0.717, 1.165) is 47.3 Å². The summed E-state index contributed by atoms with van der Waals surface area (Å²) in [5.41, 5.74) is 2.95. The lowest BCUT2D eigenvalue weighted by Crippen LogP contribution is -2.22. The van der Waals surface area contributed by atoms with Crippen molar-refractivity contribution in [3.63, 3.8) is 0 Å². The zero-order valence-electron chi connectivity index (χ0n) is 21.5. The minimum Gasteiger partial charge on any atom is -0.508 e. The molecule has 184 valence electrons. The van der Waals surface area contributed by atoms with Gasteiger partial charge in [-0.1, -0.05) is 24.1 Å². The molecule has 5 nitrogen and oxygen atoms in total. The highest BCUT2D eigenvalue weighted by Gasteiger charge is 2.18. The van der Waals surface area contributed by atoms with E-state index >= 15 is 0 Å². The quantitative estimate of drug-likeness (QED) is 0.263. The van der Waals surface area contributed by atoms with Crippen LogP contribution in [-0.2, 0) is 16.0 Å². The lowest BCUT2D eigenvalue weighted by Gasteiger charge is -2.17. The van der Waals surface area contributed by atoms with Crippen molar-refractivity contribution < 1.29 is 24.5 Å². The summed E-state index contributed by atoms with van der Waals surface area (Å²) in [6.45, 7) is 11.2. The zero-order chi connectivity index (χ0) is 25.2. The average Bonchev–Trinajstić information content (AvgIpc) is 2.69. The first-order chi connectivity index (χ1) is 15.3. The fourth-order valence-corrected chi connectivity index (χ4v) is 3.82. The topological polar surface area (TPSA) is 83.8 Å². The van der Waals surface area contributed by atoms with Crippen molar-refractivity contribution >= 4 is 11.6 Å². The highest BCUT2D eigenvalue weighted by Crippen LogP contribution is 2.29. The number of aryl methyl sites for hydroxylation is 1. The molecule has 33 heavy (non-hydrogen) atoms. The van der Waals surface area contributed by atoms with Gasteiger partial charge in [0.1, 0.15) is 17.3 Å². The molecule has 0 aromatic heterocycles. The molecule has 0 heterocycles. The summed E-state index contributed by atoms with van der Waals surface area (Å²) in [4.78, 5) is 24.6. The van der Waals surface area contributed by atoms with Crippen molar-refractivity contribution in [2.45, 2.75) is 92.1 Å². The summed E-state index contributed by atoms with van der Waals surface area (Å²) < 4.78 is 5.45. The maximum atomic E-state index is 12.4. The van der Waals surface area contributed by atoms with E-state index < -0.39 is 5.60 Å². The van der Waals surface area contributed by atoms with Gasteiger partial charge < -0.3 is 14.9 Å². The number of methoxy groups -OCH3 is 1. The van der Waals surface area contributed by atoms with Crippen LogP contribution < -0.4 is 4.74 Å². The SMILES string of the molecule is COc1c(C)cc(O)cc1CC=C(C)CC(=O)C=C(C)CCC[C@@H](C)C(=O)CCC(C)(C)O. The summed E-state index contributed by atoms with van der Waals surface area (Å²) in [6, 6.07) is 3.36. The Bertz CT molecular complexity index is 871. The molecule has 0 aliphatic rings. The zero-order valence-corrected chi connectivity index (χ0v) is 21.5. The van der Waals surface area contributed by atoms with Crippen LogP contribution in [0.5, 0.6) is 11.5 Å². The molecule has 0 aliphatic carbocycles. The van der Waals surface area contributed by atoms with Gasteiger partial charge in [-0.15, -0.1) is 0 Å². The minimum absolute atomic E-state index is 0.0286. The van der Waals surface area contributed by atoms with Crippen LogP contribution in [0.2, 0.25) is 0 Å². The van der Waals surface area contributed by atoms with Crippen LogP contribution in [0.4, 0.5) is 0 Å². The smallest absolute Gasteiger partial charge is 0.159 e. The fraction of sp³-hybridized carbons (Fsp3) is 0.571. The summed E-state index contributed by atoms with van der Waals surface area (Å²) in [5, 5.41) is 19.6. The molecule has 0 aliphatic heterocycles. The number of ether oxygens (including phenoxy) is 1. The van der Waals surface area contributed by atoms with Crippen LogP contribution in [-0.4, -0.2) is 34.5 Å². The van der Waals surface area contributed by atoms with Gasteiger partial charge in [-0.2, -0.15) is 0 Å². The maximum Gasteiger partial charge on any atom is 0.159 e. The van der Waals surface area contributed by atoms with E-state index in [-0.39, 0.29) is 23.2 Å². The molecule has 0 radical (unpaired) electrons. The highest BCUT2D eigenvalue weighted by molar-refractivity contribution is 5.91. The molecule has 1 aromatic carbocycles. The van der Waals surface area contributed by atoms with E-state index in [9.17, 15) is 19.8 Å². The van der Waals surface area contributed by atoms with E-state index in [1.807, 2.05) is 33.8 Å². The molecular formula is C28H42O5. The van der Waals surface area contributed by atoms with E-state index in [1.165, 1.54) is 0 Å².